The lowest BCUT2D eigenvalue weighted by atomic mass is 10.2. The average molecular weight is 327 g/mol. The largest absolute Gasteiger partial charge is 0.480 e. The molecule has 118 valence electrons. The number of hydrogen-bond donors (Lipinski definition) is 2. The van der Waals surface area contributed by atoms with E-state index in [0.717, 1.165) is 18.2 Å². The van der Waals surface area contributed by atoms with Crippen molar-refractivity contribution in [3.05, 3.63) is 29.8 Å². The third-order valence-electron chi connectivity index (χ3n) is 2.24. The van der Waals surface area contributed by atoms with Crippen molar-refractivity contribution >= 4 is 16.0 Å². The molecule has 0 saturated heterocycles. The van der Waals surface area contributed by atoms with Crippen LogP contribution in [0.25, 0.3) is 0 Å². The SMILES string of the molecule is O=C(O)COCCNS(=O)(=O)c1cccc(C(F)(F)F)c1. The van der Waals surface area contributed by atoms with Crippen molar-refractivity contribution in [2.24, 2.45) is 0 Å². The van der Waals surface area contributed by atoms with Crippen LogP contribution in [0.15, 0.2) is 29.2 Å². The fourth-order valence-electron chi connectivity index (χ4n) is 1.33. The van der Waals surface area contributed by atoms with Crippen molar-refractivity contribution < 1.29 is 36.2 Å². The number of sulfonamides is 1. The number of nitrogens with one attached hydrogen (secondary N) is 1. The number of carbonyl (C=O) groups is 1. The third kappa shape index (κ3) is 5.69. The number of aliphatic carboxylic acids is 1. The smallest absolute Gasteiger partial charge is 0.416 e. The lowest BCUT2D eigenvalue weighted by molar-refractivity contribution is -0.142. The summed E-state index contributed by atoms with van der Waals surface area (Å²) in [5.74, 6) is -1.21. The molecular formula is C11H12F3NO5S. The Morgan fingerprint density at radius 2 is 2.00 bits per heavy atom. The highest BCUT2D eigenvalue weighted by Crippen LogP contribution is 2.30. The maximum absolute atomic E-state index is 12.5. The third-order valence-corrected chi connectivity index (χ3v) is 3.69. The number of carboxylic acid groups (broad SMARTS) is 1. The summed E-state index contributed by atoms with van der Waals surface area (Å²) in [6.45, 7) is -1.07. The van der Waals surface area contributed by atoms with Crippen LogP contribution in [0.1, 0.15) is 5.56 Å². The summed E-state index contributed by atoms with van der Waals surface area (Å²) in [6.07, 6.45) is -4.64. The van der Waals surface area contributed by atoms with Crippen LogP contribution in [-0.2, 0) is 25.7 Å². The number of carboxylic acids is 1. The molecule has 0 amide bonds. The number of halogens is 3. The van der Waals surface area contributed by atoms with Gasteiger partial charge in [0.15, 0.2) is 0 Å². The zero-order valence-electron chi connectivity index (χ0n) is 10.6. The highest BCUT2D eigenvalue weighted by molar-refractivity contribution is 7.89. The van der Waals surface area contributed by atoms with Crippen LogP contribution >= 0.6 is 0 Å². The fourth-order valence-corrected chi connectivity index (χ4v) is 2.39. The van der Waals surface area contributed by atoms with E-state index in [1.54, 1.807) is 0 Å². The first kappa shape index (κ1) is 17.4. The molecule has 0 radical (unpaired) electrons. The van der Waals surface area contributed by atoms with Gasteiger partial charge in [-0.1, -0.05) is 6.07 Å². The quantitative estimate of drug-likeness (QED) is 0.731. The van der Waals surface area contributed by atoms with Gasteiger partial charge in [-0.25, -0.2) is 17.9 Å². The van der Waals surface area contributed by atoms with Gasteiger partial charge < -0.3 is 9.84 Å². The molecule has 2 N–H and O–H groups in total. The lowest BCUT2D eigenvalue weighted by Crippen LogP contribution is -2.28. The lowest BCUT2D eigenvalue weighted by Gasteiger charge is -2.10. The minimum absolute atomic E-state index is 0.218. The van der Waals surface area contributed by atoms with Crippen LogP contribution in [-0.4, -0.2) is 39.3 Å². The molecule has 0 aliphatic carbocycles. The van der Waals surface area contributed by atoms with Crippen LogP contribution in [0, 0.1) is 0 Å². The van der Waals surface area contributed by atoms with Gasteiger partial charge in [-0.2, -0.15) is 13.2 Å². The number of alkyl halides is 3. The normalized spacial score (nSPS) is 12.3. The molecule has 1 aromatic carbocycles. The molecule has 6 nitrogen and oxygen atoms in total. The molecule has 0 heterocycles. The van der Waals surface area contributed by atoms with E-state index in [1.807, 2.05) is 4.72 Å². The maximum atomic E-state index is 12.5. The van der Waals surface area contributed by atoms with E-state index in [-0.39, 0.29) is 13.2 Å². The molecule has 0 spiro atoms. The van der Waals surface area contributed by atoms with E-state index in [4.69, 9.17) is 5.11 Å². The number of rotatable bonds is 7. The summed E-state index contributed by atoms with van der Waals surface area (Å²) in [7, 11) is -4.12. The van der Waals surface area contributed by atoms with Gasteiger partial charge in [-0.05, 0) is 18.2 Å². The molecule has 1 aromatic rings. The molecular weight excluding hydrogens is 315 g/mol. The first-order chi connectivity index (χ1) is 9.63. The number of ether oxygens (including phenoxy) is 1. The van der Waals surface area contributed by atoms with E-state index in [2.05, 4.69) is 4.74 Å². The van der Waals surface area contributed by atoms with Crippen LogP contribution in [0.4, 0.5) is 13.2 Å². The Labute approximate surface area is 118 Å². The Morgan fingerprint density at radius 3 is 2.57 bits per heavy atom. The Bertz CT molecular complexity index is 600. The molecule has 21 heavy (non-hydrogen) atoms. The van der Waals surface area contributed by atoms with Gasteiger partial charge in [0.2, 0.25) is 10.0 Å². The van der Waals surface area contributed by atoms with E-state index < -0.39 is 39.2 Å². The van der Waals surface area contributed by atoms with Crippen molar-refractivity contribution in [1.82, 2.24) is 4.72 Å². The molecule has 0 fully saturated rings. The van der Waals surface area contributed by atoms with Gasteiger partial charge in [-0.15, -0.1) is 0 Å². The summed E-state index contributed by atoms with van der Waals surface area (Å²) in [5, 5.41) is 8.29. The van der Waals surface area contributed by atoms with Crippen molar-refractivity contribution in [3.8, 4) is 0 Å². The van der Waals surface area contributed by atoms with E-state index in [9.17, 15) is 26.4 Å². The number of hydrogen-bond acceptors (Lipinski definition) is 4. The molecule has 10 heteroatoms. The van der Waals surface area contributed by atoms with Crippen LogP contribution in [0.3, 0.4) is 0 Å². The molecule has 0 saturated carbocycles. The van der Waals surface area contributed by atoms with Crippen molar-refractivity contribution in [2.75, 3.05) is 19.8 Å². The predicted octanol–water partition coefficient (Wildman–Crippen LogP) is 1.08. The second-order valence-electron chi connectivity index (χ2n) is 3.87. The standard InChI is InChI=1S/C11H12F3NO5S/c12-11(13,14)8-2-1-3-9(6-8)21(18,19)15-4-5-20-7-10(16)17/h1-3,6,15H,4-5,7H2,(H,16,17). The summed E-state index contributed by atoms with van der Waals surface area (Å²) in [5.41, 5.74) is -1.08. The van der Waals surface area contributed by atoms with Gasteiger partial charge in [0, 0.05) is 6.54 Å². The van der Waals surface area contributed by atoms with Gasteiger partial charge in [0.1, 0.15) is 6.61 Å². The maximum Gasteiger partial charge on any atom is 0.416 e. The molecule has 0 atom stereocenters. The van der Waals surface area contributed by atoms with E-state index >= 15 is 0 Å². The highest BCUT2D eigenvalue weighted by atomic mass is 32.2. The monoisotopic (exact) mass is 327 g/mol. The van der Waals surface area contributed by atoms with Crippen molar-refractivity contribution in [1.29, 1.82) is 0 Å². The average Bonchev–Trinajstić information content (AvgIpc) is 2.37. The van der Waals surface area contributed by atoms with Crippen molar-refractivity contribution in [3.63, 3.8) is 0 Å². The first-order valence-corrected chi connectivity index (χ1v) is 7.08. The Morgan fingerprint density at radius 1 is 1.33 bits per heavy atom. The first-order valence-electron chi connectivity index (χ1n) is 5.59. The molecule has 0 aliphatic rings. The molecule has 0 unspecified atom stereocenters. The summed E-state index contributed by atoms with van der Waals surface area (Å²) in [6, 6.07) is 3.28. The molecule has 0 bridgehead atoms. The van der Waals surface area contributed by atoms with Gasteiger partial charge in [0.25, 0.3) is 0 Å². The Hall–Kier alpha value is -1.65. The zero-order valence-corrected chi connectivity index (χ0v) is 11.4. The van der Waals surface area contributed by atoms with Gasteiger partial charge in [-0.3, -0.25) is 0 Å². The molecule has 0 aromatic heterocycles. The minimum atomic E-state index is -4.64. The van der Waals surface area contributed by atoms with Gasteiger partial charge in [0.05, 0.1) is 17.1 Å². The predicted molar refractivity (Wildman–Crippen MR) is 65.1 cm³/mol. The van der Waals surface area contributed by atoms with Crippen LogP contribution in [0.2, 0.25) is 0 Å². The van der Waals surface area contributed by atoms with Crippen LogP contribution < -0.4 is 4.72 Å². The van der Waals surface area contributed by atoms with E-state index in [0.29, 0.717) is 6.07 Å². The second kappa shape index (κ2) is 6.87. The minimum Gasteiger partial charge on any atom is -0.480 e. The van der Waals surface area contributed by atoms with Crippen molar-refractivity contribution in [2.45, 2.75) is 11.1 Å². The number of benzene rings is 1. The van der Waals surface area contributed by atoms with Gasteiger partial charge >= 0.3 is 12.1 Å². The fraction of sp³-hybridized carbons (Fsp3) is 0.364. The molecule has 1 rings (SSSR count). The summed E-state index contributed by atoms with van der Waals surface area (Å²) >= 11 is 0. The molecule has 0 aliphatic heterocycles. The van der Waals surface area contributed by atoms with Crippen LogP contribution in [0.5, 0.6) is 0 Å². The topological polar surface area (TPSA) is 92.7 Å². The summed E-state index contributed by atoms with van der Waals surface area (Å²) in [4.78, 5) is 9.61. The Balaban J connectivity index is 2.68. The zero-order chi connectivity index (χ0) is 16.1. The van der Waals surface area contributed by atoms with E-state index in [1.165, 1.54) is 0 Å². The summed E-state index contributed by atoms with van der Waals surface area (Å²) < 4.78 is 67.6. The Kier molecular flexibility index (Phi) is 5.70. The second-order valence-corrected chi connectivity index (χ2v) is 5.64. The highest BCUT2D eigenvalue weighted by Gasteiger charge is 2.31.